The van der Waals surface area contributed by atoms with E-state index in [2.05, 4.69) is 0 Å². The van der Waals surface area contributed by atoms with E-state index in [4.69, 9.17) is 18.6 Å². The van der Waals surface area contributed by atoms with Crippen LogP contribution in [0.5, 0.6) is 0 Å². The maximum atomic E-state index is 10.1. The summed E-state index contributed by atoms with van der Waals surface area (Å²) in [6.45, 7) is 1.35. The van der Waals surface area contributed by atoms with Crippen LogP contribution in [0.15, 0.2) is 22.8 Å². The van der Waals surface area contributed by atoms with E-state index in [-0.39, 0.29) is 12.7 Å². The van der Waals surface area contributed by atoms with Crippen LogP contribution < -0.4 is 0 Å². The summed E-state index contributed by atoms with van der Waals surface area (Å²) in [6.07, 6.45) is 1.20. The Morgan fingerprint density at radius 1 is 1.53 bits per heavy atom. The molecule has 0 spiro atoms. The van der Waals surface area contributed by atoms with Crippen molar-refractivity contribution in [3.8, 4) is 0 Å². The fourth-order valence-corrected chi connectivity index (χ4v) is 1.08. The van der Waals surface area contributed by atoms with Gasteiger partial charge in [-0.2, -0.15) is 0 Å². The lowest BCUT2D eigenvalue weighted by molar-refractivity contribution is -0.140. The van der Waals surface area contributed by atoms with Crippen LogP contribution in [0.3, 0.4) is 0 Å². The highest BCUT2D eigenvalue weighted by Crippen LogP contribution is 2.03. The molecule has 1 heterocycles. The molecule has 5 nitrogen and oxygen atoms in total. The summed E-state index contributed by atoms with van der Waals surface area (Å²) < 4.78 is 20.0. The predicted octanol–water partition coefficient (Wildman–Crippen LogP) is 0.984. The van der Waals surface area contributed by atoms with Gasteiger partial charge in [0.1, 0.15) is 18.5 Å². The molecule has 0 N–H and O–H groups in total. The Morgan fingerprint density at radius 3 is 3.00 bits per heavy atom. The van der Waals surface area contributed by atoms with Crippen molar-refractivity contribution in [2.75, 3.05) is 20.3 Å². The third kappa shape index (κ3) is 4.62. The first kappa shape index (κ1) is 11.7. The van der Waals surface area contributed by atoms with Gasteiger partial charge in [-0.1, -0.05) is 0 Å². The van der Waals surface area contributed by atoms with E-state index < -0.39 is 0 Å². The topological polar surface area (TPSA) is 57.9 Å². The third-order valence-corrected chi connectivity index (χ3v) is 1.73. The fraction of sp³-hybridized carbons (Fsp3) is 0.500. The molecule has 15 heavy (non-hydrogen) atoms. The number of hydrogen-bond donors (Lipinski definition) is 0. The lowest BCUT2D eigenvalue weighted by Gasteiger charge is -2.13. The Hall–Kier alpha value is -1.33. The van der Waals surface area contributed by atoms with Gasteiger partial charge < -0.3 is 18.6 Å². The molecule has 84 valence electrons. The summed E-state index contributed by atoms with van der Waals surface area (Å²) in [5.41, 5.74) is 0. The molecule has 0 aliphatic carbocycles. The molecule has 0 amide bonds. The van der Waals surface area contributed by atoms with Crippen molar-refractivity contribution >= 4 is 6.47 Å². The standard InChI is InChI=1S/C10H14O5/c1-12-5-10(15-8-11)7-13-6-9-3-2-4-14-9/h2-4,8,10H,5-7H2,1H3. The number of carbonyl (C=O) groups excluding carboxylic acids is 1. The average Bonchev–Trinajstić information content (AvgIpc) is 2.71. The minimum atomic E-state index is -0.373. The van der Waals surface area contributed by atoms with Crippen LogP contribution in [0, 0.1) is 0 Å². The second-order valence-electron chi connectivity index (χ2n) is 2.90. The van der Waals surface area contributed by atoms with Crippen molar-refractivity contribution < 1.29 is 23.4 Å². The predicted molar refractivity (Wildman–Crippen MR) is 51.2 cm³/mol. The van der Waals surface area contributed by atoms with Gasteiger partial charge in [0.05, 0.1) is 19.5 Å². The number of rotatable bonds is 8. The first-order valence-corrected chi connectivity index (χ1v) is 4.55. The second kappa shape index (κ2) is 7.03. The Labute approximate surface area is 87.9 Å². The van der Waals surface area contributed by atoms with E-state index in [0.29, 0.717) is 19.7 Å². The van der Waals surface area contributed by atoms with Crippen LogP contribution in [-0.4, -0.2) is 32.9 Å². The quantitative estimate of drug-likeness (QED) is 0.604. The molecular weight excluding hydrogens is 200 g/mol. The van der Waals surface area contributed by atoms with Crippen molar-refractivity contribution in [2.45, 2.75) is 12.7 Å². The molecule has 0 saturated carbocycles. The SMILES string of the molecule is COCC(COCc1ccco1)OC=O. The van der Waals surface area contributed by atoms with Gasteiger partial charge in [0.25, 0.3) is 6.47 Å². The highest BCUT2D eigenvalue weighted by molar-refractivity contribution is 5.37. The third-order valence-electron chi connectivity index (χ3n) is 1.73. The first-order chi connectivity index (χ1) is 7.36. The van der Waals surface area contributed by atoms with Gasteiger partial charge in [0, 0.05) is 7.11 Å². The Morgan fingerprint density at radius 2 is 2.40 bits per heavy atom. The Kier molecular flexibility index (Phi) is 5.50. The zero-order valence-electron chi connectivity index (χ0n) is 8.55. The zero-order chi connectivity index (χ0) is 10.9. The molecule has 0 aliphatic rings. The van der Waals surface area contributed by atoms with Gasteiger partial charge >= 0.3 is 0 Å². The smallest absolute Gasteiger partial charge is 0.293 e. The number of hydrogen-bond acceptors (Lipinski definition) is 5. The van der Waals surface area contributed by atoms with Crippen LogP contribution >= 0.6 is 0 Å². The van der Waals surface area contributed by atoms with Crippen LogP contribution in [0.25, 0.3) is 0 Å². The highest BCUT2D eigenvalue weighted by Gasteiger charge is 2.09. The molecule has 1 aromatic rings. The lowest BCUT2D eigenvalue weighted by Crippen LogP contribution is -2.24. The number of furan rings is 1. The largest absolute Gasteiger partial charge is 0.467 e. The molecule has 1 aromatic heterocycles. The zero-order valence-corrected chi connectivity index (χ0v) is 8.55. The number of ether oxygens (including phenoxy) is 3. The van der Waals surface area contributed by atoms with Crippen molar-refractivity contribution in [3.05, 3.63) is 24.2 Å². The minimum Gasteiger partial charge on any atom is -0.467 e. The molecule has 0 radical (unpaired) electrons. The van der Waals surface area contributed by atoms with Crippen LogP contribution in [-0.2, 0) is 25.6 Å². The maximum Gasteiger partial charge on any atom is 0.293 e. The molecule has 5 heteroatoms. The molecule has 1 rings (SSSR count). The van der Waals surface area contributed by atoms with Crippen molar-refractivity contribution in [3.63, 3.8) is 0 Å². The Bertz CT molecular complexity index is 257. The van der Waals surface area contributed by atoms with Gasteiger partial charge in [-0.05, 0) is 12.1 Å². The van der Waals surface area contributed by atoms with E-state index >= 15 is 0 Å². The molecule has 1 atom stereocenters. The van der Waals surface area contributed by atoms with E-state index in [9.17, 15) is 4.79 Å². The van der Waals surface area contributed by atoms with Crippen molar-refractivity contribution in [1.82, 2.24) is 0 Å². The number of carbonyl (C=O) groups is 1. The molecule has 0 aromatic carbocycles. The normalized spacial score (nSPS) is 12.3. The van der Waals surface area contributed by atoms with Gasteiger partial charge in [-0.3, -0.25) is 4.79 Å². The van der Waals surface area contributed by atoms with E-state index in [0.717, 1.165) is 5.76 Å². The van der Waals surface area contributed by atoms with Gasteiger partial charge in [0.15, 0.2) is 0 Å². The summed E-state index contributed by atoms with van der Waals surface area (Å²) in [5, 5.41) is 0. The van der Waals surface area contributed by atoms with Gasteiger partial charge in [0.2, 0.25) is 0 Å². The van der Waals surface area contributed by atoms with Gasteiger partial charge in [-0.25, -0.2) is 0 Å². The molecule has 0 fully saturated rings. The fourth-order valence-electron chi connectivity index (χ4n) is 1.08. The maximum absolute atomic E-state index is 10.1. The van der Waals surface area contributed by atoms with Crippen LogP contribution in [0.1, 0.15) is 5.76 Å². The lowest BCUT2D eigenvalue weighted by atomic mass is 10.4. The molecule has 0 aliphatic heterocycles. The molecule has 1 unspecified atom stereocenters. The summed E-state index contributed by atoms with van der Waals surface area (Å²) in [6, 6.07) is 3.60. The van der Waals surface area contributed by atoms with E-state index in [1.807, 2.05) is 6.07 Å². The van der Waals surface area contributed by atoms with Crippen molar-refractivity contribution in [2.24, 2.45) is 0 Å². The average molecular weight is 214 g/mol. The monoisotopic (exact) mass is 214 g/mol. The molecular formula is C10H14O5. The Balaban J connectivity index is 2.18. The molecule has 0 bridgehead atoms. The molecule has 0 saturated heterocycles. The van der Waals surface area contributed by atoms with E-state index in [1.54, 1.807) is 12.3 Å². The van der Waals surface area contributed by atoms with Gasteiger partial charge in [-0.15, -0.1) is 0 Å². The van der Waals surface area contributed by atoms with Crippen LogP contribution in [0.2, 0.25) is 0 Å². The van der Waals surface area contributed by atoms with E-state index in [1.165, 1.54) is 7.11 Å². The summed E-state index contributed by atoms with van der Waals surface area (Å²) in [7, 11) is 1.54. The highest BCUT2D eigenvalue weighted by atomic mass is 16.6. The summed E-state index contributed by atoms with van der Waals surface area (Å²) in [5.74, 6) is 0.734. The summed E-state index contributed by atoms with van der Waals surface area (Å²) >= 11 is 0. The first-order valence-electron chi connectivity index (χ1n) is 4.55. The van der Waals surface area contributed by atoms with Crippen molar-refractivity contribution in [1.29, 1.82) is 0 Å². The second-order valence-corrected chi connectivity index (χ2v) is 2.90. The minimum absolute atomic E-state index is 0.285. The summed E-state index contributed by atoms with van der Waals surface area (Å²) in [4.78, 5) is 10.1. The van der Waals surface area contributed by atoms with Crippen LogP contribution in [0.4, 0.5) is 0 Å². The number of methoxy groups -OCH3 is 1.